The highest BCUT2D eigenvalue weighted by Gasteiger charge is 2.15. The van der Waals surface area contributed by atoms with Crippen molar-refractivity contribution in [3.63, 3.8) is 0 Å². The Morgan fingerprint density at radius 3 is 2.95 bits per heavy atom. The van der Waals surface area contributed by atoms with Crippen LogP contribution >= 0.6 is 0 Å². The number of amides is 1. The maximum absolute atomic E-state index is 12.1. The monoisotopic (exact) mass is 297 g/mol. The molecule has 0 saturated carbocycles. The first kappa shape index (κ1) is 14.3. The first-order valence-electron chi connectivity index (χ1n) is 7.28. The number of carbonyl (C=O) groups is 1. The lowest BCUT2D eigenvalue weighted by molar-refractivity contribution is -0.124. The average Bonchev–Trinajstić information content (AvgIpc) is 3.17. The highest BCUT2D eigenvalue weighted by Crippen LogP contribution is 2.19. The highest BCUT2D eigenvalue weighted by atomic mass is 16.2. The van der Waals surface area contributed by atoms with Crippen LogP contribution < -0.4 is 5.32 Å². The van der Waals surface area contributed by atoms with Gasteiger partial charge in [-0.1, -0.05) is 6.07 Å². The van der Waals surface area contributed by atoms with Gasteiger partial charge in [-0.25, -0.2) is 4.98 Å². The predicted molar refractivity (Wildman–Crippen MR) is 84.4 cm³/mol. The minimum absolute atomic E-state index is 0.0861. The SMILES string of the molecule is Cc1ccc2[nH]c(CNC(=O)[C@@H](C)n3cccn3)nc2c1C. The van der Waals surface area contributed by atoms with Gasteiger partial charge in [-0.15, -0.1) is 0 Å². The Morgan fingerprint density at radius 1 is 1.41 bits per heavy atom. The Hall–Kier alpha value is -2.63. The Morgan fingerprint density at radius 2 is 2.23 bits per heavy atom. The lowest BCUT2D eigenvalue weighted by Crippen LogP contribution is -2.31. The van der Waals surface area contributed by atoms with Gasteiger partial charge in [0.2, 0.25) is 5.91 Å². The van der Waals surface area contributed by atoms with Crippen molar-refractivity contribution in [2.45, 2.75) is 33.4 Å². The van der Waals surface area contributed by atoms with Gasteiger partial charge in [-0.3, -0.25) is 9.48 Å². The van der Waals surface area contributed by atoms with E-state index >= 15 is 0 Å². The molecule has 2 heterocycles. The summed E-state index contributed by atoms with van der Waals surface area (Å²) in [5.74, 6) is 0.668. The Labute approximate surface area is 128 Å². The van der Waals surface area contributed by atoms with Gasteiger partial charge in [-0.2, -0.15) is 5.10 Å². The minimum Gasteiger partial charge on any atom is -0.347 e. The van der Waals surface area contributed by atoms with E-state index in [1.54, 1.807) is 23.1 Å². The molecule has 0 aliphatic rings. The first-order valence-corrected chi connectivity index (χ1v) is 7.28. The number of aromatic amines is 1. The molecule has 0 spiro atoms. The van der Waals surface area contributed by atoms with Gasteiger partial charge in [0.1, 0.15) is 11.9 Å². The minimum atomic E-state index is -0.344. The highest BCUT2D eigenvalue weighted by molar-refractivity contribution is 5.81. The van der Waals surface area contributed by atoms with E-state index in [0.29, 0.717) is 6.54 Å². The molecule has 1 aromatic carbocycles. The number of aryl methyl sites for hydroxylation is 2. The second-order valence-corrected chi connectivity index (χ2v) is 5.47. The number of aromatic nitrogens is 4. The van der Waals surface area contributed by atoms with Crippen LogP contribution in [0.15, 0.2) is 30.6 Å². The zero-order valence-electron chi connectivity index (χ0n) is 12.9. The van der Waals surface area contributed by atoms with Crippen molar-refractivity contribution in [1.29, 1.82) is 0 Å². The number of fused-ring (bicyclic) bond motifs is 1. The molecule has 22 heavy (non-hydrogen) atoms. The van der Waals surface area contributed by atoms with Crippen molar-refractivity contribution in [1.82, 2.24) is 25.1 Å². The summed E-state index contributed by atoms with van der Waals surface area (Å²) in [4.78, 5) is 20.0. The van der Waals surface area contributed by atoms with Crippen LogP contribution in [0.2, 0.25) is 0 Å². The van der Waals surface area contributed by atoms with Crippen molar-refractivity contribution >= 4 is 16.9 Å². The van der Waals surface area contributed by atoms with Crippen LogP contribution in [0.25, 0.3) is 11.0 Å². The summed E-state index contributed by atoms with van der Waals surface area (Å²) in [6.45, 7) is 6.31. The molecule has 3 rings (SSSR count). The molecule has 0 unspecified atom stereocenters. The number of nitrogens with one attached hydrogen (secondary N) is 2. The van der Waals surface area contributed by atoms with Crippen LogP contribution in [-0.4, -0.2) is 25.7 Å². The number of nitrogens with zero attached hydrogens (tertiary/aromatic N) is 3. The zero-order chi connectivity index (χ0) is 15.7. The summed E-state index contributed by atoms with van der Waals surface area (Å²) < 4.78 is 1.63. The molecule has 0 aliphatic carbocycles. The fourth-order valence-corrected chi connectivity index (χ4v) is 2.40. The molecule has 2 aromatic heterocycles. The second-order valence-electron chi connectivity index (χ2n) is 5.47. The van der Waals surface area contributed by atoms with Crippen LogP contribution in [-0.2, 0) is 11.3 Å². The molecule has 0 aliphatic heterocycles. The third-order valence-electron chi connectivity index (χ3n) is 3.96. The third kappa shape index (κ3) is 2.59. The van der Waals surface area contributed by atoms with Gasteiger partial charge in [0.25, 0.3) is 0 Å². The van der Waals surface area contributed by atoms with Gasteiger partial charge in [0.05, 0.1) is 17.6 Å². The zero-order valence-corrected chi connectivity index (χ0v) is 12.9. The summed E-state index contributed by atoms with van der Waals surface area (Å²) >= 11 is 0. The van der Waals surface area contributed by atoms with Crippen molar-refractivity contribution in [3.8, 4) is 0 Å². The quantitative estimate of drug-likeness (QED) is 0.775. The topological polar surface area (TPSA) is 75.6 Å². The maximum atomic E-state index is 12.1. The van der Waals surface area contributed by atoms with Crippen molar-refractivity contribution in [3.05, 3.63) is 47.5 Å². The summed E-state index contributed by atoms with van der Waals surface area (Å²) in [5, 5.41) is 6.97. The van der Waals surface area contributed by atoms with E-state index in [1.807, 2.05) is 13.0 Å². The van der Waals surface area contributed by atoms with Crippen LogP contribution in [0.3, 0.4) is 0 Å². The number of benzene rings is 1. The number of hydrogen-bond acceptors (Lipinski definition) is 3. The predicted octanol–water partition coefficient (Wildman–Crippen LogP) is 2.25. The molecule has 6 nitrogen and oxygen atoms in total. The summed E-state index contributed by atoms with van der Waals surface area (Å²) in [5.41, 5.74) is 4.33. The van der Waals surface area contributed by atoms with Gasteiger partial charge < -0.3 is 10.3 Å². The molecular formula is C16H19N5O. The summed E-state index contributed by atoms with van der Waals surface area (Å²) in [6.07, 6.45) is 3.44. The third-order valence-corrected chi connectivity index (χ3v) is 3.96. The number of rotatable bonds is 4. The van der Waals surface area contributed by atoms with Gasteiger partial charge in [-0.05, 0) is 44.0 Å². The van der Waals surface area contributed by atoms with E-state index in [0.717, 1.165) is 22.4 Å². The average molecular weight is 297 g/mol. The summed E-state index contributed by atoms with van der Waals surface area (Å²) in [7, 11) is 0. The molecule has 3 aromatic rings. The molecule has 0 radical (unpaired) electrons. The number of H-pyrrole nitrogens is 1. The second kappa shape index (κ2) is 5.63. The number of imidazole rings is 1. The Bertz CT molecular complexity index is 803. The van der Waals surface area contributed by atoms with E-state index in [1.165, 1.54) is 5.56 Å². The Kier molecular flexibility index (Phi) is 3.66. The van der Waals surface area contributed by atoms with E-state index in [4.69, 9.17) is 0 Å². The molecule has 1 atom stereocenters. The van der Waals surface area contributed by atoms with E-state index in [2.05, 4.69) is 40.3 Å². The number of hydrogen-bond donors (Lipinski definition) is 2. The van der Waals surface area contributed by atoms with Crippen LogP contribution in [0.1, 0.15) is 29.9 Å². The normalized spacial score (nSPS) is 12.5. The molecule has 114 valence electrons. The van der Waals surface area contributed by atoms with Crippen molar-refractivity contribution < 1.29 is 4.79 Å². The largest absolute Gasteiger partial charge is 0.347 e. The van der Waals surface area contributed by atoms with Crippen molar-refractivity contribution in [2.75, 3.05) is 0 Å². The van der Waals surface area contributed by atoms with Crippen LogP contribution in [0, 0.1) is 13.8 Å². The molecule has 0 saturated heterocycles. The maximum Gasteiger partial charge on any atom is 0.244 e. The van der Waals surface area contributed by atoms with Gasteiger partial charge in [0.15, 0.2) is 0 Å². The fraction of sp³-hybridized carbons (Fsp3) is 0.312. The van der Waals surface area contributed by atoms with Gasteiger partial charge >= 0.3 is 0 Å². The van der Waals surface area contributed by atoms with E-state index < -0.39 is 0 Å². The van der Waals surface area contributed by atoms with Crippen LogP contribution in [0.4, 0.5) is 0 Å². The van der Waals surface area contributed by atoms with Crippen LogP contribution in [0.5, 0.6) is 0 Å². The standard InChI is InChI=1S/C16H19N5O/c1-10-5-6-13-15(11(10)2)20-14(19-13)9-17-16(22)12(3)21-8-4-7-18-21/h4-8,12H,9H2,1-3H3,(H,17,22)(H,19,20)/t12-/m1/s1. The summed E-state index contributed by atoms with van der Waals surface area (Å²) in [6, 6.07) is 5.54. The molecule has 6 heteroatoms. The van der Waals surface area contributed by atoms with E-state index in [9.17, 15) is 4.79 Å². The molecule has 2 N–H and O–H groups in total. The Balaban J connectivity index is 1.71. The van der Waals surface area contributed by atoms with Crippen molar-refractivity contribution in [2.24, 2.45) is 0 Å². The smallest absolute Gasteiger partial charge is 0.244 e. The molecule has 0 fully saturated rings. The number of carbonyl (C=O) groups excluding carboxylic acids is 1. The molecule has 1 amide bonds. The fourth-order valence-electron chi connectivity index (χ4n) is 2.40. The molecular weight excluding hydrogens is 278 g/mol. The lowest BCUT2D eigenvalue weighted by Gasteiger charge is -2.11. The lowest BCUT2D eigenvalue weighted by atomic mass is 10.1. The van der Waals surface area contributed by atoms with E-state index in [-0.39, 0.29) is 11.9 Å². The van der Waals surface area contributed by atoms with Gasteiger partial charge in [0, 0.05) is 12.4 Å². The first-order chi connectivity index (χ1) is 10.6. The molecule has 0 bridgehead atoms.